The summed E-state index contributed by atoms with van der Waals surface area (Å²) in [4.78, 5) is 27.5. The Morgan fingerprint density at radius 2 is 2.12 bits per heavy atom. The van der Waals surface area contributed by atoms with Gasteiger partial charge in [0.1, 0.15) is 0 Å². The van der Waals surface area contributed by atoms with Crippen LogP contribution in [0.4, 0.5) is 5.69 Å². The molecule has 3 rings (SSSR count). The third kappa shape index (κ3) is 4.71. The number of amides is 2. The van der Waals surface area contributed by atoms with Gasteiger partial charge in [0.25, 0.3) is 5.91 Å². The van der Waals surface area contributed by atoms with E-state index >= 15 is 0 Å². The summed E-state index contributed by atoms with van der Waals surface area (Å²) in [6, 6.07) is 10.8. The number of halogens is 1. The zero-order chi connectivity index (χ0) is 17.8. The van der Waals surface area contributed by atoms with Crippen molar-refractivity contribution in [1.29, 1.82) is 0 Å². The summed E-state index contributed by atoms with van der Waals surface area (Å²) in [6.07, 6.45) is 3.59. The van der Waals surface area contributed by atoms with Crippen LogP contribution in [0.3, 0.4) is 0 Å². The zero-order valence-corrected chi connectivity index (χ0v) is 15.3. The summed E-state index contributed by atoms with van der Waals surface area (Å²) in [7, 11) is 0. The van der Waals surface area contributed by atoms with Crippen molar-refractivity contribution >= 4 is 40.4 Å². The molecule has 0 bridgehead atoms. The van der Waals surface area contributed by atoms with Crippen LogP contribution in [0.2, 0.25) is 4.34 Å². The molecule has 2 amide bonds. The molecule has 0 radical (unpaired) electrons. The molecule has 1 fully saturated rings. The molecule has 0 atom stereocenters. The van der Waals surface area contributed by atoms with Crippen molar-refractivity contribution in [1.82, 2.24) is 4.90 Å². The van der Waals surface area contributed by atoms with E-state index in [1.807, 2.05) is 12.1 Å². The first-order valence-electron chi connectivity index (χ1n) is 8.12. The first-order valence-corrected chi connectivity index (χ1v) is 9.31. The van der Waals surface area contributed by atoms with Crippen molar-refractivity contribution in [2.45, 2.75) is 19.4 Å². The average Bonchev–Trinajstić information content (AvgIpc) is 3.37. The van der Waals surface area contributed by atoms with E-state index in [0.717, 1.165) is 17.7 Å². The number of rotatable bonds is 7. The maximum absolute atomic E-state index is 12.9. The van der Waals surface area contributed by atoms with Gasteiger partial charge in [-0.2, -0.15) is 0 Å². The molecule has 6 heteroatoms. The SMILES string of the molecule is C=CCN(Cc1ccc(Cl)s1)C(=O)c1cccc(NC(=O)C2CC2)c1. The van der Waals surface area contributed by atoms with Crippen LogP contribution in [0.5, 0.6) is 0 Å². The van der Waals surface area contributed by atoms with Crippen molar-refractivity contribution < 1.29 is 9.59 Å². The third-order valence-electron chi connectivity index (χ3n) is 3.94. The highest BCUT2D eigenvalue weighted by Gasteiger charge is 2.29. The molecule has 2 aromatic rings. The molecule has 1 aromatic carbocycles. The van der Waals surface area contributed by atoms with E-state index in [1.165, 1.54) is 11.3 Å². The van der Waals surface area contributed by atoms with Crippen LogP contribution < -0.4 is 5.32 Å². The molecule has 1 heterocycles. The quantitative estimate of drug-likeness (QED) is 0.721. The van der Waals surface area contributed by atoms with E-state index < -0.39 is 0 Å². The fourth-order valence-corrected chi connectivity index (χ4v) is 3.61. The Balaban J connectivity index is 1.74. The lowest BCUT2D eigenvalue weighted by Crippen LogP contribution is -2.30. The summed E-state index contributed by atoms with van der Waals surface area (Å²) in [5.74, 6) is 0.0490. The van der Waals surface area contributed by atoms with Crippen LogP contribution in [0, 0.1) is 5.92 Å². The first-order chi connectivity index (χ1) is 12.1. The minimum Gasteiger partial charge on any atom is -0.330 e. The topological polar surface area (TPSA) is 49.4 Å². The maximum atomic E-state index is 12.9. The van der Waals surface area contributed by atoms with Gasteiger partial charge >= 0.3 is 0 Å². The molecule has 1 N–H and O–H groups in total. The zero-order valence-electron chi connectivity index (χ0n) is 13.7. The number of nitrogens with one attached hydrogen (secondary N) is 1. The highest BCUT2D eigenvalue weighted by atomic mass is 35.5. The van der Waals surface area contributed by atoms with Gasteiger partial charge < -0.3 is 10.2 Å². The number of carbonyl (C=O) groups is 2. The Morgan fingerprint density at radius 1 is 1.32 bits per heavy atom. The standard InChI is InChI=1S/C19H19ClN2O2S/c1-2-10-22(12-16-8-9-17(20)25-16)19(24)14-4-3-5-15(11-14)21-18(23)13-6-7-13/h2-5,8-9,11,13H,1,6-7,10,12H2,(H,21,23). The lowest BCUT2D eigenvalue weighted by molar-refractivity contribution is -0.117. The Kier molecular flexibility index (Phi) is 5.56. The number of hydrogen-bond donors (Lipinski definition) is 1. The minimum atomic E-state index is -0.105. The Labute approximate surface area is 156 Å². The van der Waals surface area contributed by atoms with Gasteiger partial charge in [-0.1, -0.05) is 23.7 Å². The van der Waals surface area contributed by atoms with E-state index in [0.29, 0.717) is 28.7 Å². The molecule has 1 aliphatic carbocycles. The number of thiophene rings is 1. The largest absolute Gasteiger partial charge is 0.330 e. The third-order valence-corrected chi connectivity index (χ3v) is 5.15. The van der Waals surface area contributed by atoms with Crippen LogP contribution in [0.1, 0.15) is 28.1 Å². The smallest absolute Gasteiger partial charge is 0.254 e. The highest BCUT2D eigenvalue weighted by Crippen LogP contribution is 2.30. The van der Waals surface area contributed by atoms with Crippen molar-refractivity contribution in [3.05, 3.63) is 63.8 Å². The van der Waals surface area contributed by atoms with Gasteiger partial charge in [-0.05, 0) is 43.2 Å². The predicted molar refractivity (Wildman–Crippen MR) is 102 cm³/mol. The molecule has 25 heavy (non-hydrogen) atoms. The second kappa shape index (κ2) is 7.85. The van der Waals surface area contributed by atoms with E-state index in [1.54, 1.807) is 35.2 Å². The normalized spacial score (nSPS) is 13.3. The van der Waals surface area contributed by atoms with Crippen molar-refractivity contribution in [3.8, 4) is 0 Å². The molecular weight excluding hydrogens is 356 g/mol. The number of anilines is 1. The lowest BCUT2D eigenvalue weighted by atomic mass is 10.1. The lowest BCUT2D eigenvalue weighted by Gasteiger charge is -2.21. The number of benzene rings is 1. The number of carbonyl (C=O) groups excluding carboxylic acids is 2. The van der Waals surface area contributed by atoms with Gasteiger partial charge in [0.2, 0.25) is 5.91 Å². The minimum absolute atomic E-state index is 0.0285. The van der Waals surface area contributed by atoms with Crippen LogP contribution >= 0.6 is 22.9 Å². The average molecular weight is 375 g/mol. The molecule has 0 unspecified atom stereocenters. The molecule has 130 valence electrons. The molecule has 0 spiro atoms. The Morgan fingerprint density at radius 3 is 2.76 bits per heavy atom. The summed E-state index contributed by atoms with van der Waals surface area (Å²) in [5, 5.41) is 2.88. The molecule has 0 aliphatic heterocycles. The highest BCUT2D eigenvalue weighted by molar-refractivity contribution is 7.16. The van der Waals surface area contributed by atoms with Crippen molar-refractivity contribution in [3.63, 3.8) is 0 Å². The predicted octanol–water partition coefficient (Wildman–Crippen LogP) is 4.58. The van der Waals surface area contributed by atoms with Gasteiger partial charge in [0.15, 0.2) is 0 Å². The molecule has 1 aliphatic rings. The molecule has 1 saturated carbocycles. The van der Waals surface area contributed by atoms with Crippen LogP contribution in [0.15, 0.2) is 49.1 Å². The van der Waals surface area contributed by atoms with Crippen LogP contribution in [-0.4, -0.2) is 23.3 Å². The van der Waals surface area contributed by atoms with E-state index in [2.05, 4.69) is 11.9 Å². The Bertz CT molecular complexity index is 798. The Hall–Kier alpha value is -2.11. The summed E-state index contributed by atoms with van der Waals surface area (Å²) < 4.78 is 0.700. The summed E-state index contributed by atoms with van der Waals surface area (Å²) >= 11 is 7.43. The van der Waals surface area contributed by atoms with Gasteiger partial charge in [-0.25, -0.2) is 0 Å². The molecule has 1 aromatic heterocycles. The molecular formula is C19H19ClN2O2S. The fraction of sp³-hybridized carbons (Fsp3) is 0.263. The van der Waals surface area contributed by atoms with E-state index in [-0.39, 0.29) is 17.7 Å². The number of nitrogens with zero attached hydrogens (tertiary/aromatic N) is 1. The van der Waals surface area contributed by atoms with E-state index in [9.17, 15) is 9.59 Å². The van der Waals surface area contributed by atoms with E-state index in [4.69, 9.17) is 11.6 Å². The second-order valence-electron chi connectivity index (χ2n) is 6.02. The van der Waals surface area contributed by atoms with Crippen molar-refractivity contribution in [2.75, 3.05) is 11.9 Å². The monoisotopic (exact) mass is 374 g/mol. The second-order valence-corrected chi connectivity index (χ2v) is 7.82. The van der Waals surface area contributed by atoms with Crippen LogP contribution in [-0.2, 0) is 11.3 Å². The van der Waals surface area contributed by atoms with Crippen molar-refractivity contribution in [2.24, 2.45) is 5.92 Å². The number of hydrogen-bond acceptors (Lipinski definition) is 3. The maximum Gasteiger partial charge on any atom is 0.254 e. The fourth-order valence-electron chi connectivity index (χ4n) is 2.50. The van der Waals surface area contributed by atoms with Gasteiger partial charge in [0, 0.05) is 28.6 Å². The summed E-state index contributed by atoms with van der Waals surface area (Å²) in [6.45, 7) is 4.64. The van der Waals surface area contributed by atoms with Gasteiger partial charge in [-0.15, -0.1) is 17.9 Å². The first kappa shape index (κ1) is 17.7. The molecule has 0 saturated heterocycles. The van der Waals surface area contributed by atoms with Crippen LogP contribution in [0.25, 0.3) is 0 Å². The summed E-state index contributed by atoms with van der Waals surface area (Å²) in [5.41, 5.74) is 1.19. The van der Waals surface area contributed by atoms with Gasteiger partial charge in [-0.3, -0.25) is 9.59 Å². The molecule has 4 nitrogen and oxygen atoms in total. The van der Waals surface area contributed by atoms with Gasteiger partial charge in [0.05, 0.1) is 10.9 Å².